The van der Waals surface area contributed by atoms with E-state index in [2.05, 4.69) is 0 Å². The molecule has 1 aromatic carbocycles. The van der Waals surface area contributed by atoms with Crippen molar-refractivity contribution in [1.29, 1.82) is 0 Å². The van der Waals surface area contributed by atoms with Crippen LogP contribution in [0, 0.1) is 0 Å². The molecule has 0 aliphatic carbocycles. The number of carbonyl (C=O) groups is 1. The monoisotopic (exact) mass is 368 g/mol. The van der Waals surface area contributed by atoms with Gasteiger partial charge in [-0.1, -0.05) is 23.8 Å². The topological polar surface area (TPSA) is 99.5 Å². The van der Waals surface area contributed by atoms with E-state index in [4.69, 9.17) is 21.1 Å². The molecule has 4 atom stereocenters. The number of rotatable bonds is 0. The second-order valence-electron chi connectivity index (χ2n) is 6.55. The quantitative estimate of drug-likeness (QED) is 0.370. The number of phenolic OH excluding ortho intramolecular Hbond substituents is 2. The number of fused-ring (bicyclic) bond motifs is 2. The molecule has 0 aromatic heterocycles. The molecule has 1 saturated heterocycles. The standard InChI is InChI=1S/C18H21ClO6/c1-9-6-15-14(25-15)5-3-2-4-10(20)7-11-16(18(23)24-9)12(21)8-13(22)17(11)19/h2-3,8-10,14-15,20-22H,4-7H2,1H3/b3-2-. The number of carbonyl (C=O) groups excluding carboxylic acids is 1. The Labute approximate surface area is 150 Å². The Bertz CT molecular complexity index is 701. The van der Waals surface area contributed by atoms with Crippen LogP contribution in [0.5, 0.6) is 11.5 Å². The molecular formula is C18H21ClO6. The highest BCUT2D eigenvalue weighted by Gasteiger charge is 2.39. The van der Waals surface area contributed by atoms with E-state index in [0.717, 1.165) is 12.5 Å². The summed E-state index contributed by atoms with van der Waals surface area (Å²) >= 11 is 6.11. The first-order valence-corrected chi connectivity index (χ1v) is 8.67. The number of halogens is 1. The number of aromatic hydroxyl groups is 2. The van der Waals surface area contributed by atoms with E-state index in [-0.39, 0.29) is 40.5 Å². The van der Waals surface area contributed by atoms with Gasteiger partial charge in [-0.3, -0.25) is 0 Å². The van der Waals surface area contributed by atoms with E-state index in [1.54, 1.807) is 6.92 Å². The summed E-state index contributed by atoms with van der Waals surface area (Å²) in [7, 11) is 0. The molecule has 0 radical (unpaired) electrons. The lowest BCUT2D eigenvalue weighted by Crippen LogP contribution is -2.20. The Hall–Kier alpha value is -1.76. The number of hydrogen-bond donors (Lipinski definition) is 3. The van der Waals surface area contributed by atoms with E-state index >= 15 is 0 Å². The van der Waals surface area contributed by atoms with Crippen molar-refractivity contribution in [2.45, 2.75) is 57.0 Å². The molecule has 3 N–H and O–H groups in total. The molecule has 1 fully saturated rings. The van der Waals surface area contributed by atoms with Crippen LogP contribution < -0.4 is 0 Å². The summed E-state index contributed by atoms with van der Waals surface area (Å²) < 4.78 is 11.0. The summed E-state index contributed by atoms with van der Waals surface area (Å²) in [5, 5.41) is 30.1. The smallest absolute Gasteiger partial charge is 0.342 e. The van der Waals surface area contributed by atoms with Crippen LogP contribution in [0.3, 0.4) is 0 Å². The second kappa shape index (κ2) is 7.23. The van der Waals surface area contributed by atoms with Crippen molar-refractivity contribution < 1.29 is 29.6 Å². The minimum absolute atomic E-state index is 0.00645. The largest absolute Gasteiger partial charge is 0.507 e. The van der Waals surface area contributed by atoms with Gasteiger partial charge in [0.1, 0.15) is 23.2 Å². The van der Waals surface area contributed by atoms with Crippen LogP contribution in [0.15, 0.2) is 18.2 Å². The van der Waals surface area contributed by atoms with Crippen LogP contribution >= 0.6 is 11.6 Å². The van der Waals surface area contributed by atoms with Crippen molar-refractivity contribution in [3.05, 3.63) is 34.4 Å². The number of hydrogen-bond acceptors (Lipinski definition) is 6. The molecule has 2 aliphatic rings. The van der Waals surface area contributed by atoms with Gasteiger partial charge in [0.15, 0.2) is 0 Å². The summed E-state index contributed by atoms with van der Waals surface area (Å²) in [6, 6.07) is 1.00. The van der Waals surface area contributed by atoms with Gasteiger partial charge in [-0.05, 0) is 25.3 Å². The maximum Gasteiger partial charge on any atom is 0.342 e. The van der Waals surface area contributed by atoms with E-state index in [9.17, 15) is 20.1 Å². The predicted octanol–water partition coefficient (Wildman–Crippen LogP) is 2.71. The minimum atomic E-state index is -0.821. The number of ether oxygens (including phenoxy) is 2. The third-order valence-electron chi connectivity index (χ3n) is 4.47. The van der Waals surface area contributed by atoms with Crippen molar-refractivity contribution in [3.63, 3.8) is 0 Å². The van der Waals surface area contributed by atoms with Gasteiger partial charge in [-0.2, -0.15) is 0 Å². The molecule has 136 valence electrons. The van der Waals surface area contributed by atoms with Crippen molar-refractivity contribution in [3.8, 4) is 11.5 Å². The lowest BCUT2D eigenvalue weighted by molar-refractivity contribution is 0.0305. The highest BCUT2D eigenvalue weighted by Crippen LogP contribution is 2.38. The molecule has 4 unspecified atom stereocenters. The molecule has 6 nitrogen and oxygen atoms in total. The molecule has 0 amide bonds. The number of esters is 1. The summed E-state index contributed by atoms with van der Waals surface area (Å²) in [6.07, 6.45) is 4.41. The zero-order chi connectivity index (χ0) is 18.1. The fourth-order valence-corrected chi connectivity index (χ4v) is 3.34. The fourth-order valence-electron chi connectivity index (χ4n) is 3.12. The summed E-state index contributed by atoms with van der Waals surface area (Å²) in [5.41, 5.74) is 0.0536. The summed E-state index contributed by atoms with van der Waals surface area (Å²) in [6.45, 7) is 1.76. The third kappa shape index (κ3) is 4.08. The number of benzene rings is 1. The number of aliphatic hydroxyl groups excluding tert-OH is 1. The first-order chi connectivity index (χ1) is 11.9. The summed E-state index contributed by atoms with van der Waals surface area (Å²) in [5.74, 6) is -1.51. The highest BCUT2D eigenvalue weighted by molar-refractivity contribution is 6.33. The van der Waals surface area contributed by atoms with E-state index in [0.29, 0.717) is 12.8 Å². The van der Waals surface area contributed by atoms with Gasteiger partial charge in [0, 0.05) is 18.9 Å². The van der Waals surface area contributed by atoms with Gasteiger partial charge in [-0.25, -0.2) is 4.79 Å². The first-order valence-electron chi connectivity index (χ1n) is 8.29. The van der Waals surface area contributed by atoms with Gasteiger partial charge in [0.05, 0.1) is 23.3 Å². The normalized spacial score (nSPS) is 31.2. The van der Waals surface area contributed by atoms with E-state index < -0.39 is 23.9 Å². The summed E-state index contributed by atoms with van der Waals surface area (Å²) in [4.78, 5) is 12.5. The first kappa shape index (κ1) is 18.0. The van der Waals surface area contributed by atoms with Crippen molar-refractivity contribution in [1.82, 2.24) is 0 Å². The lowest BCUT2D eigenvalue weighted by Gasteiger charge is -2.18. The molecule has 1 aromatic rings. The van der Waals surface area contributed by atoms with Crippen LogP contribution in [-0.4, -0.2) is 45.7 Å². The fraction of sp³-hybridized carbons (Fsp3) is 0.500. The predicted molar refractivity (Wildman–Crippen MR) is 91.0 cm³/mol. The molecule has 0 saturated carbocycles. The Morgan fingerprint density at radius 1 is 1.16 bits per heavy atom. The molecule has 0 bridgehead atoms. The molecule has 3 rings (SSSR count). The third-order valence-corrected chi connectivity index (χ3v) is 4.89. The minimum Gasteiger partial charge on any atom is -0.507 e. The van der Waals surface area contributed by atoms with Crippen molar-refractivity contribution >= 4 is 17.6 Å². The molecule has 0 spiro atoms. The maximum absolute atomic E-state index is 12.5. The van der Waals surface area contributed by atoms with Crippen LogP contribution in [0.25, 0.3) is 0 Å². The van der Waals surface area contributed by atoms with Crippen LogP contribution in [-0.2, 0) is 15.9 Å². The number of epoxide rings is 1. The Morgan fingerprint density at radius 3 is 2.64 bits per heavy atom. The zero-order valence-electron chi connectivity index (χ0n) is 13.8. The van der Waals surface area contributed by atoms with Gasteiger partial charge in [0.2, 0.25) is 0 Å². The van der Waals surface area contributed by atoms with E-state index in [1.807, 2.05) is 12.2 Å². The highest BCUT2D eigenvalue weighted by atomic mass is 35.5. The van der Waals surface area contributed by atoms with Crippen molar-refractivity contribution in [2.24, 2.45) is 0 Å². The SMILES string of the molecule is CC1CC2OC2C/C=C\CC(O)Cc2c(Cl)c(O)cc(O)c2C(=O)O1. The molecule has 25 heavy (non-hydrogen) atoms. The van der Waals surface area contributed by atoms with Gasteiger partial charge in [-0.15, -0.1) is 0 Å². The number of phenols is 2. The van der Waals surface area contributed by atoms with Crippen LogP contribution in [0.2, 0.25) is 5.02 Å². The number of cyclic esters (lactones) is 1. The average molecular weight is 369 g/mol. The Kier molecular flexibility index (Phi) is 5.22. The molecule has 7 heteroatoms. The second-order valence-corrected chi connectivity index (χ2v) is 6.93. The molecular weight excluding hydrogens is 348 g/mol. The van der Waals surface area contributed by atoms with E-state index in [1.165, 1.54) is 0 Å². The lowest BCUT2D eigenvalue weighted by atomic mass is 9.98. The van der Waals surface area contributed by atoms with Crippen LogP contribution in [0.1, 0.15) is 42.1 Å². The van der Waals surface area contributed by atoms with Gasteiger partial charge in [0.25, 0.3) is 0 Å². The van der Waals surface area contributed by atoms with Crippen molar-refractivity contribution in [2.75, 3.05) is 0 Å². The van der Waals surface area contributed by atoms with Crippen LogP contribution in [0.4, 0.5) is 0 Å². The zero-order valence-corrected chi connectivity index (χ0v) is 14.6. The maximum atomic E-state index is 12.5. The van der Waals surface area contributed by atoms with Gasteiger partial charge >= 0.3 is 5.97 Å². The Morgan fingerprint density at radius 2 is 1.88 bits per heavy atom. The number of aliphatic hydroxyl groups is 1. The Balaban J connectivity index is 1.95. The van der Waals surface area contributed by atoms with Gasteiger partial charge < -0.3 is 24.8 Å². The molecule has 2 aliphatic heterocycles. The average Bonchev–Trinajstić information content (AvgIpc) is 3.25. The molecule has 2 heterocycles.